The third kappa shape index (κ3) is 4.97. The van der Waals surface area contributed by atoms with E-state index in [0.29, 0.717) is 24.1 Å². The molecule has 3 rings (SSSR count). The highest BCUT2D eigenvalue weighted by molar-refractivity contribution is 5.98. The van der Waals surface area contributed by atoms with Crippen LogP contribution in [0.3, 0.4) is 0 Å². The van der Waals surface area contributed by atoms with E-state index in [9.17, 15) is 29.4 Å². The fourth-order valence-corrected chi connectivity index (χ4v) is 3.66. The second-order valence-electron chi connectivity index (χ2n) is 7.38. The number of nitrogen functional groups attached to an aromatic ring is 1. The topological polar surface area (TPSA) is 179 Å². The minimum atomic E-state index is -1.24. The lowest BCUT2D eigenvalue weighted by Gasteiger charge is -2.23. The van der Waals surface area contributed by atoms with Gasteiger partial charge in [0, 0.05) is 17.2 Å². The van der Waals surface area contributed by atoms with Gasteiger partial charge in [-0.1, -0.05) is 6.07 Å². The molecule has 0 radical (unpaired) electrons. The Morgan fingerprint density at radius 2 is 1.72 bits per heavy atom. The molecule has 1 amide bonds. The summed E-state index contributed by atoms with van der Waals surface area (Å²) in [6.07, 6.45) is -0.158. The second-order valence-corrected chi connectivity index (χ2v) is 7.38. The molecule has 0 aromatic heterocycles. The largest absolute Gasteiger partial charge is 0.489 e. The number of amides is 1. The molecule has 0 fully saturated rings. The number of fused-ring (bicyclic) bond motifs is 2. The SMILES string of the molecule is NC(=O)c1ccc(C(CC(=O)O)CC(=O)O)c2c1OCCCc1cc(N)ccc1C(=O)O2. The van der Waals surface area contributed by atoms with Gasteiger partial charge in [0.25, 0.3) is 5.91 Å². The maximum absolute atomic E-state index is 13.0. The zero-order valence-corrected chi connectivity index (χ0v) is 17.0. The lowest BCUT2D eigenvalue weighted by Crippen LogP contribution is -2.21. The first kappa shape index (κ1) is 22.6. The highest BCUT2D eigenvalue weighted by Crippen LogP contribution is 2.42. The lowest BCUT2D eigenvalue weighted by atomic mass is 9.90. The molecule has 1 heterocycles. The van der Waals surface area contributed by atoms with Gasteiger partial charge in [0.1, 0.15) is 0 Å². The van der Waals surface area contributed by atoms with Gasteiger partial charge in [-0.3, -0.25) is 14.4 Å². The Balaban J connectivity index is 2.19. The standard InChI is InChI=1S/C22H22N2O8/c23-13-3-4-15-11(8-13)2-1-7-31-19-16(21(24)29)6-5-14(20(19)32-22(15)30)12(9-17(25)26)10-18(27)28/h3-6,8,12H,1-2,7,9-10,23H2,(H2,24,29)(H,25,26)(H,27,28). The molecular weight excluding hydrogens is 420 g/mol. The Hall–Kier alpha value is -4.08. The molecule has 0 bridgehead atoms. The molecule has 10 heteroatoms. The molecule has 0 aliphatic carbocycles. The van der Waals surface area contributed by atoms with Gasteiger partial charge in [0.2, 0.25) is 0 Å². The number of nitrogens with two attached hydrogens (primary N) is 2. The molecule has 10 nitrogen and oxygen atoms in total. The van der Waals surface area contributed by atoms with Crippen LogP contribution in [0.1, 0.15) is 57.0 Å². The van der Waals surface area contributed by atoms with Gasteiger partial charge < -0.3 is 31.2 Å². The molecule has 1 aliphatic rings. The first-order chi connectivity index (χ1) is 15.2. The molecule has 1 aliphatic heterocycles. The number of aliphatic carboxylic acids is 2. The van der Waals surface area contributed by atoms with E-state index in [1.807, 2.05) is 0 Å². The van der Waals surface area contributed by atoms with Crippen LogP contribution in [0.4, 0.5) is 5.69 Å². The molecule has 32 heavy (non-hydrogen) atoms. The maximum atomic E-state index is 13.0. The number of anilines is 1. The number of rotatable bonds is 6. The van der Waals surface area contributed by atoms with Crippen LogP contribution in [0, 0.1) is 0 Å². The molecule has 6 N–H and O–H groups in total. The highest BCUT2D eigenvalue weighted by Gasteiger charge is 2.30. The number of aryl methyl sites for hydroxylation is 1. The van der Waals surface area contributed by atoms with Gasteiger partial charge in [-0.05, 0) is 42.7 Å². The summed E-state index contributed by atoms with van der Waals surface area (Å²) in [5.74, 6) is -5.49. The number of carboxylic acid groups (broad SMARTS) is 2. The second kappa shape index (κ2) is 9.38. The number of carboxylic acids is 2. The first-order valence-corrected chi connectivity index (χ1v) is 9.81. The zero-order chi connectivity index (χ0) is 23.4. The minimum Gasteiger partial charge on any atom is -0.489 e. The number of primary amides is 1. The van der Waals surface area contributed by atoms with Gasteiger partial charge in [0.15, 0.2) is 11.5 Å². The van der Waals surface area contributed by atoms with Crippen molar-refractivity contribution in [3.05, 3.63) is 52.6 Å². The van der Waals surface area contributed by atoms with E-state index in [0.717, 1.165) is 0 Å². The van der Waals surface area contributed by atoms with Crippen LogP contribution in [0.2, 0.25) is 0 Å². The third-order valence-electron chi connectivity index (χ3n) is 5.07. The predicted octanol–water partition coefficient (Wildman–Crippen LogP) is 1.94. The smallest absolute Gasteiger partial charge is 0.343 e. The van der Waals surface area contributed by atoms with Crippen molar-refractivity contribution in [2.24, 2.45) is 5.73 Å². The van der Waals surface area contributed by atoms with E-state index < -0.39 is 42.6 Å². The Morgan fingerprint density at radius 3 is 2.34 bits per heavy atom. The number of hydrogen-bond donors (Lipinski definition) is 4. The van der Waals surface area contributed by atoms with Crippen LogP contribution >= 0.6 is 0 Å². The van der Waals surface area contributed by atoms with Crippen LogP contribution in [0.15, 0.2) is 30.3 Å². The van der Waals surface area contributed by atoms with Gasteiger partial charge in [-0.25, -0.2) is 4.79 Å². The quantitative estimate of drug-likeness (QED) is 0.295. The van der Waals surface area contributed by atoms with Gasteiger partial charge in [-0.15, -0.1) is 0 Å². The number of esters is 1. The normalized spacial score (nSPS) is 13.3. The van der Waals surface area contributed by atoms with Crippen LogP contribution in [0.5, 0.6) is 11.5 Å². The summed E-state index contributed by atoms with van der Waals surface area (Å²) in [5.41, 5.74) is 12.7. The summed E-state index contributed by atoms with van der Waals surface area (Å²) >= 11 is 0. The van der Waals surface area contributed by atoms with Crippen molar-refractivity contribution in [1.82, 2.24) is 0 Å². The van der Waals surface area contributed by atoms with Crippen molar-refractivity contribution < 1.29 is 38.9 Å². The number of carbonyl (C=O) groups excluding carboxylic acids is 2. The van der Waals surface area contributed by atoms with E-state index in [1.165, 1.54) is 18.2 Å². The fraction of sp³-hybridized carbons (Fsp3) is 0.273. The van der Waals surface area contributed by atoms with E-state index in [4.69, 9.17) is 20.9 Å². The average Bonchev–Trinajstić information content (AvgIpc) is 2.70. The predicted molar refractivity (Wildman–Crippen MR) is 112 cm³/mol. The van der Waals surface area contributed by atoms with Crippen LogP contribution in [-0.2, 0) is 16.0 Å². The number of benzene rings is 2. The van der Waals surface area contributed by atoms with Gasteiger partial charge >= 0.3 is 17.9 Å². The van der Waals surface area contributed by atoms with Crippen LogP contribution in [0.25, 0.3) is 0 Å². The average molecular weight is 442 g/mol. The molecule has 2 aromatic rings. The minimum absolute atomic E-state index is 0.0703. The monoisotopic (exact) mass is 442 g/mol. The molecule has 0 saturated carbocycles. The molecular formula is C22H22N2O8. The van der Waals surface area contributed by atoms with Gasteiger partial charge in [-0.2, -0.15) is 0 Å². The van der Waals surface area contributed by atoms with Crippen LogP contribution < -0.4 is 20.9 Å². The van der Waals surface area contributed by atoms with Crippen LogP contribution in [-0.4, -0.2) is 40.6 Å². The number of ether oxygens (including phenoxy) is 2. The summed E-state index contributed by atoms with van der Waals surface area (Å²) in [5, 5.41) is 18.6. The van der Waals surface area contributed by atoms with E-state index in [1.54, 1.807) is 12.1 Å². The van der Waals surface area contributed by atoms with Crippen molar-refractivity contribution in [2.45, 2.75) is 31.6 Å². The van der Waals surface area contributed by atoms with Crippen molar-refractivity contribution in [3.63, 3.8) is 0 Å². The summed E-state index contributed by atoms with van der Waals surface area (Å²) < 4.78 is 11.4. The maximum Gasteiger partial charge on any atom is 0.343 e. The van der Waals surface area contributed by atoms with E-state index in [-0.39, 0.29) is 34.8 Å². The Kier molecular flexibility index (Phi) is 6.62. The van der Waals surface area contributed by atoms with E-state index in [2.05, 4.69) is 0 Å². The highest BCUT2D eigenvalue weighted by atomic mass is 16.6. The summed E-state index contributed by atoms with van der Waals surface area (Å²) in [6, 6.07) is 7.35. The summed E-state index contributed by atoms with van der Waals surface area (Å²) in [7, 11) is 0. The fourth-order valence-electron chi connectivity index (χ4n) is 3.66. The lowest BCUT2D eigenvalue weighted by molar-refractivity contribution is -0.139. The number of hydrogen-bond acceptors (Lipinski definition) is 7. The molecule has 0 atom stereocenters. The molecule has 168 valence electrons. The number of carbonyl (C=O) groups is 4. The van der Waals surface area contributed by atoms with Gasteiger partial charge in [0.05, 0.1) is 30.6 Å². The molecule has 2 aromatic carbocycles. The Morgan fingerprint density at radius 1 is 1.03 bits per heavy atom. The van der Waals surface area contributed by atoms with E-state index >= 15 is 0 Å². The van der Waals surface area contributed by atoms with Crippen molar-refractivity contribution in [3.8, 4) is 11.5 Å². The molecule has 0 spiro atoms. The molecule has 0 unspecified atom stereocenters. The molecule has 0 saturated heterocycles. The summed E-state index contributed by atoms with van der Waals surface area (Å²) in [4.78, 5) is 47.8. The van der Waals surface area contributed by atoms with Crippen molar-refractivity contribution in [1.29, 1.82) is 0 Å². The Bertz CT molecular complexity index is 1080. The van der Waals surface area contributed by atoms with Crippen molar-refractivity contribution in [2.75, 3.05) is 12.3 Å². The first-order valence-electron chi connectivity index (χ1n) is 9.81. The zero-order valence-electron chi connectivity index (χ0n) is 17.0. The Labute approximate surface area is 182 Å². The third-order valence-corrected chi connectivity index (χ3v) is 5.07. The summed E-state index contributed by atoms with van der Waals surface area (Å²) in [6.45, 7) is 0.130. The van der Waals surface area contributed by atoms with Crippen molar-refractivity contribution >= 4 is 29.5 Å².